The van der Waals surface area contributed by atoms with Gasteiger partial charge in [0.15, 0.2) is 5.03 Å². The maximum Gasteiger partial charge on any atom is 0.338 e. The number of aromatic carboxylic acids is 1. The van der Waals surface area contributed by atoms with Crippen LogP contribution in [0.4, 0.5) is 10.1 Å². The normalized spacial score (nSPS) is 11.3. The molecule has 0 amide bonds. The summed E-state index contributed by atoms with van der Waals surface area (Å²) in [6.45, 7) is 1.44. The number of aromatic nitrogens is 2. The minimum Gasteiger partial charge on any atom is -0.478 e. The lowest BCUT2D eigenvalue weighted by molar-refractivity contribution is 0.0697. The summed E-state index contributed by atoms with van der Waals surface area (Å²) in [5, 5.41) is 8.78. The van der Waals surface area contributed by atoms with Crippen molar-refractivity contribution >= 4 is 21.7 Å². The van der Waals surface area contributed by atoms with Crippen molar-refractivity contribution in [3.05, 3.63) is 41.6 Å². The molecule has 0 fully saturated rings. The molecule has 0 saturated heterocycles. The van der Waals surface area contributed by atoms with Gasteiger partial charge in [-0.2, -0.15) is 8.42 Å². The number of nitrogens with zero attached hydrogens (tertiary/aromatic N) is 1. The van der Waals surface area contributed by atoms with E-state index in [0.717, 1.165) is 18.6 Å². The highest BCUT2D eigenvalue weighted by molar-refractivity contribution is 7.92. The molecule has 0 saturated carbocycles. The number of rotatable bonds is 4. The van der Waals surface area contributed by atoms with Crippen LogP contribution in [0.1, 0.15) is 15.9 Å². The second-order valence-electron chi connectivity index (χ2n) is 3.94. The smallest absolute Gasteiger partial charge is 0.338 e. The summed E-state index contributed by atoms with van der Waals surface area (Å²) in [5.74, 6) is -2.40. The van der Waals surface area contributed by atoms with Gasteiger partial charge in [-0.15, -0.1) is 0 Å². The predicted molar refractivity (Wildman–Crippen MR) is 67.5 cm³/mol. The van der Waals surface area contributed by atoms with Crippen molar-refractivity contribution in [2.75, 3.05) is 4.72 Å². The van der Waals surface area contributed by atoms with Crippen molar-refractivity contribution in [1.29, 1.82) is 0 Å². The lowest BCUT2D eigenvalue weighted by atomic mass is 10.1. The van der Waals surface area contributed by atoms with E-state index in [-0.39, 0.29) is 10.6 Å². The van der Waals surface area contributed by atoms with Crippen LogP contribution in [0, 0.1) is 12.7 Å². The number of H-pyrrole nitrogens is 1. The van der Waals surface area contributed by atoms with Gasteiger partial charge in [0.2, 0.25) is 0 Å². The number of nitrogens with one attached hydrogen (secondary N) is 2. The third kappa shape index (κ3) is 2.48. The van der Waals surface area contributed by atoms with Crippen molar-refractivity contribution < 1.29 is 22.7 Å². The largest absolute Gasteiger partial charge is 0.478 e. The number of carbonyl (C=O) groups is 1. The molecule has 0 unspecified atom stereocenters. The molecule has 106 valence electrons. The van der Waals surface area contributed by atoms with E-state index in [1.807, 2.05) is 4.72 Å². The first-order valence-corrected chi connectivity index (χ1v) is 6.85. The number of aryl methyl sites for hydroxylation is 1. The van der Waals surface area contributed by atoms with Crippen LogP contribution in [0.25, 0.3) is 0 Å². The van der Waals surface area contributed by atoms with Crippen LogP contribution in [-0.4, -0.2) is 29.5 Å². The Hall–Kier alpha value is -2.42. The molecule has 1 heterocycles. The van der Waals surface area contributed by atoms with Crippen LogP contribution >= 0.6 is 0 Å². The fourth-order valence-corrected chi connectivity index (χ4v) is 2.62. The van der Waals surface area contributed by atoms with Crippen molar-refractivity contribution in [2.24, 2.45) is 0 Å². The quantitative estimate of drug-likeness (QED) is 0.789. The first-order valence-electron chi connectivity index (χ1n) is 5.36. The van der Waals surface area contributed by atoms with E-state index in [4.69, 9.17) is 5.11 Å². The highest BCUT2D eigenvalue weighted by Crippen LogP contribution is 2.25. The first kappa shape index (κ1) is 14.0. The molecular weight excluding hydrogens is 289 g/mol. The Balaban J connectivity index is 2.55. The highest BCUT2D eigenvalue weighted by Gasteiger charge is 2.23. The fourth-order valence-electron chi connectivity index (χ4n) is 1.64. The number of aromatic amines is 1. The number of carboxylic acid groups (broad SMARTS) is 1. The molecule has 0 aliphatic carbocycles. The van der Waals surface area contributed by atoms with E-state index in [1.165, 1.54) is 13.0 Å². The molecule has 20 heavy (non-hydrogen) atoms. The molecule has 0 radical (unpaired) electrons. The number of hydrogen-bond donors (Lipinski definition) is 3. The molecule has 3 N–H and O–H groups in total. The second kappa shape index (κ2) is 4.93. The Kier molecular flexibility index (Phi) is 3.45. The monoisotopic (exact) mass is 299 g/mol. The topological polar surface area (TPSA) is 112 Å². The highest BCUT2D eigenvalue weighted by atomic mass is 32.2. The minimum absolute atomic E-state index is 0.237. The Labute approximate surface area is 113 Å². The summed E-state index contributed by atoms with van der Waals surface area (Å²) in [6.07, 6.45) is 2.16. The Bertz CT molecular complexity index is 756. The lowest BCUT2D eigenvalue weighted by Gasteiger charge is -2.12. The van der Waals surface area contributed by atoms with E-state index in [2.05, 4.69) is 9.97 Å². The standard InChI is InChI=1S/C11H10FN3O4S/c1-6-2-3-7(12)10(9(6)11(16)17)15-20(18,19)8-4-13-5-14-8/h2-5,15H,1H3,(H,13,14)(H,16,17). The summed E-state index contributed by atoms with van der Waals surface area (Å²) < 4.78 is 39.6. The molecule has 2 aromatic rings. The molecule has 7 nitrogen and oxygen atoms in total. The Morgan fingerprint density at radius 1 is 1.45 bits per heavy atom. The summed E-state index contributed by atoms with van der Waals surface area (Å²) in [4.78, 5) is 17.0. The van der Waals surface area contributed by atoms with E-state index in [9.17, 15) is 17.6 Å². The average Bonchev–Trinajstić information content (AvgIpc) is 2.87. The molecule has 1 aromatic carbocycles. The second-order valence-corrected chi connectivity index (χ2v) is 5.59. The fraction of sp³-hybridized carbons (Fsp3) is 0.0909. The van der Waals surface area contributed by atoms with Crippen molar-refractivity contribution in [3.63, 3.8) is 0 Å². The maximum atomic E-state index is 13.7. The summed E-state index contributed by atoms with van der Waals surface area (Å²) in [5.41, 5.74) is -0.804. The lowest BCUT2D eigenvalue weighted by Crippen LogP contribution is -2.18. The van der Waals surface area contributed by atoms with Gasteiger partial charge in [-0.25, -0.2) is 14.2 Å². The zero-order chi connectivity index (χ0) is 14.9. The number of sulfonamides is 1. The van der Waals surface area contributed by atoms with Crippen LogP contribution < -0.4 is 4.72 Å². The molecule has 0 aliphatic rings. The van der Waals surface area contributed by atoms with Gasteiger partial charge < -0.3 is 10.1 Å². The van der Waals surface area contributed by atoms with Crippen molar-refractivity contribution in [1.82, 2.24) is 9.97 Å². The molecule has 0 spiro atoms. The molecule has 9 heteroatoms. The van der Waals surface area contributed by atoms with Crippen LogP contribution in [0.15, 0.2) is 29.7 Å². The summed E-state index contributed by atoms with van der Waals surface area (Å²) in [7, 11) is -4.14. The molecule has 0 aliphatic heterocycles. The number of halogens is 1. The zero-order valence-corrected chi connectivity index (χ0v) is 11.0. The number of benzene rings is 1. The summed E-state index contributed by atoms with van der Waals surface area (Å²) >= 11 is 0. The number of carboxylic acids is 1. The number of anilines is 1. The molecule has 0 bridgehead atoms. The number of imidazole rings is 1. The van der Waals surface area contributed by atoms with Crippen LogP contribution in [0.3, 0.4) is 0 Å². The van der Waals surface area contributed by atoms with Gasteiger partial charge in [0, 0.05) is 0 Å². The first-order chi connectivity index (χ1) is 9.33. The van der Waals surface area contributed by atoms with Crippen LogP contribution in [-0.2, 0) is 10.0 Å². The zero-order valence-electron chi connectivity index (χ0n) is 10.2. The van der Waals surface area contributed by atoms with Crippen molar-refractivity contribution in [3.8, 4) is 0 Å². The van der Waals surface area contributed by atoms with Gasteiger partial charge in [0.25, 0.3) is 10.0 Å². The molecule has 2 rings (SSSR count). The van der Waals surface area contributed by atoms with E-state index in [0.29, 0.717) is 0 Å². The van der Waals surface area contributed by atoms with E-state index in [1.54, 1.807) is 0 Å². The molecule has 0 atom stereocenters. The Morgan fingerprint density at radius 3 is 2.70 bits per heavy atom. The van der Waals surface area contributed by atoms with Crippen molar-refractivity contribution in [2.45, 2.75) is 11.9 Å². The third-order valence-electron chi connectivity index (χ3n) is 2.58. The van der Waals surface area contributed by atoms with Gasteiger partial charge in [0.05, 0.1) is 23.8 Å². The number of hydrogen-bond acceptors (Lipinski definition) is 4. The van der Waals surface area contributed by atoms with Crippen LogP contribution in [0.2, 0.25) is 0 Å². The van der Waals surface area contributed by atoms with Gasteiger partial charge in [-0.1, -0.05) is 6.07 Å². The molecule has 1 aromatic heterocycles. The van der Waals surface area contributed by atoms with Gasteiger partial charge in [0.1, 0.15) is 5.82 Å². The predicted octanol–water partition coefficient (Wildman–Crippen LogP) is 1.36. The van der Waals surface area contributed by atoms with E-state index < -0.39 is 33.1 Å². The van der Waals surface area contributed by atoms with Gasteiger partial charge >= 0.3 is 5.97 Å². The van der Waals surface area contributed by atoms with Crippen LogP contribution in [0.5, 0.6) is 0 Å². The van der Waals surface area contributed by atoms with Gasteiger partial charge in [-0.3, -0.25) is 4.72 Å². The Morgan fingerprint density at radius 2 is 2.15 bits per heavy atom. The minimum atomic E-state index is -4.14. The maximum absolute atomic E-state index is 13.7. The average molecular weight is 299 g/mol. The van der Waals surface area contributed by atoms with Gasteiger partial charge in [-0.05, 0) is 18.6 Å². The van der Waals surface area contributed by atoms with E-state index >= 15 is 0 Å². The molecular formula is C11H10FN3O4S. The summed E-state index contributed by atoms with van der Waals surface area (Å²) in [6, 6.07) is 2.25. The third-order valence-corrected chi connectivity index (χ3v) is 3.85. The SMILES string of the molecule is Cc1ccc(F)c(NS(=O)(=O)c2cnc[nH]2)c1C(=O)O.